The van der Waals surface area contributed by atoms with Gasteiger partial charge in [0.25, 0.3) is 0 Å². The Morgan fingerprint density at radius 3 is 1.15 bits per heavy atom. The van der Waals surface area contributed by atoms with Gasteiger partial charge in [-0.2, -0.15) is 0 Å². The van der Waals surface area contributed by atoms with E-state index in [9.17, 15) is 9.59 Å². The van der Waals surface area contributed by atoms with Crippen molar-refractivity contribution in [1.82, 2.24) is 0 Å². The number of halogens is 2. The summed E-state index contributed by atoms with van der Waals surface area (Å²) in [6.07, 6.45) is 0. The standard InChI is InChI=1S/C34H30F2O2S2/c1-33(2,3)19-11-15-21(16-12-19)39-31-27(35)25-26(30(38)24-10-8-7-9-23(24)29(25)37)28(36)32(31)40-22-17-13-20(14-18-22)34(4,5)6/h7-18H,1-6H3. The van der Waals surface area contributed by atoms with Crippen LogP contribution in [0.4, 0.5) is 8.78 Å². The van der Waals surface area contributed by atoms with Crippen molar-refractivity contribution in [2.75, 3.05) is 0 Å². The third-order valence-corrected chi connectivity index (χ3v) is 9.36. The highest BCUT2D eigenvalue weighted by Crippen LogP contribution is 2.47. The Bertz CT molecular complexity index is 1520. The zero-order valence-corrected chi connectivity index (χ0v) is 25.0. The molecular formula is C34H30F2O2S2. The van der Waals surface area contributed by atoms with Crippen LogP contribution in [0.15, 0.2) is 92.4 Å². The summed E-state index contributed by atoms with van der Waals surface area (Å²) in [6.45, 7) is 12.6. The molecule has 0 aromatic heterocycles. The van der Waals surface area contributed by atoms with Crippen molar-refractivity contribution in [2.24, 2.45) is 0 Å². The first-order valence-electron chi connectivity index (χ1n) is 13.1. The highest BCUT2D eigenvalue weighted by molar-refractivity contribution is 8.02. The molecule has 0 radical (unpaired) electrons. The summed E-state index contributed by atoms with van der Waals surface area (Å²) in [5.74, 6) is -3.11. The summed E-state index contributed by atoms with van der Waals surface area (Å²) in [6, 6.07) is 21.6. The van der Waals surface area contributed by atoms with Gasteiger partial charge in [0.05, 0.1) is 20.9 Å². The van der Waals surface area contributed by atoms with Gasteiger partial charge in [0.15, 0.2) is 11.6 Å². The number of carbonyl (C=O) groups excluding carboxylic acids is 2. The monoisotopic (exact) mass is 572 g/mol. The van der Waals surface area contributed by atoms with Crippen molar-refractivity contribution >= 4 is 35.1 Å². The zero-order valence-electron chi connectivity index (χ0n) is 23.3. The van der Waals surface area contributed by atoms with E-state index in [0.29, 0.717) is 9.79 Å². The summed E-state index contributed by atoms with van der Waals surface area (Å²) in [4.78, 5) is 28.2. The molecule has 2 nitrogen and oxygen atoms in total. The van der Waals surface area contributed by atoms with Gasteiger partial charge < -0.3 is 0 Å². The van der Waals surface area contributed by atoms with E-state index in [1.54, 1.807) is 12.1 Å². The Morgan fingerprint density at radius 2 is 0.850 bits per heavy atom. The van der Waals surface area contributed by atoms with Crippen molar-refractivity contribution in [3.63, 3.8) is 0 Å². The Morgan fingerprint density at radius 1 is 0.525 bits per heavy atom. The van der Waals surface area contributed by atoms with Crippen molar-refractivity contribution < 1.29 is 18.4 Å². The molecule has 0 unspecified atom stereocenters. The molecule has 0 fully saturated rings. The van der Waals surface area contributed by atoms with Crippen molar-refractivity contribution in [3.8, 4) is 0 Å². The lowest BCUT2D eigenvalue weighted by molar-refractivity contribution is 0.0970. The van der Waals surface area contributed by atoms with E-state index in [2.05, 4.69) is 41.5 Å². The molecule has 0 atom stereocenters. The zero-order chi connectivity index (χ0) is 29.0. The second-order valence-corrected chi connectivity index (χ2v) is 14.2. The van der Waals surface area contributed by atoms with Crippen LogP contribution in [0.5, 0.6) is 0 Å². The highest BCUT2D eigenvalue weighted by Gasteiger charge is 2.38. The second kappa shape index (κ2) is 10.3. The molecule has 0 saturated heterocycles. The SMILES string of the molecule is CC(C)(C)c1ccc(Sc2c(F)c3c(c(F)c2Sc2ccc(C(C)(C)C)cc2)C(=O)c2ccccc2C3=O)cc1. The smallest absolute Gasteiger partial charge is 0.197 e. The van der Waals surface area contributed by atoms with E-state index >= 15 is 8.78 Å². The summed E-state index contributed by atoms with van der Waals surface area (Å²) in [5.41, 5.74) is 1.27. The molecule has 5 rings (SSSR count). The molecular weight excluding hydrogens is 543 g/mol. The number of carbonyl (C=O) groups is 2. The van der Waals surface area contributed by atoms with Crippen molar-refractivity contribution in [3.05, 3.63) is 118 Å². The first-order valence-corrected chi connectivity index (χ1v) is 14.7. The van der Waals surface area contributed by atoms with E-state index in [1.165, 1.54) is 12.1 Å². The lowest BCUT2D eigenvalue weighted by Crippen LogP contribution is -2.25. The fourth-order valence-electron chi connectivity index (χ4n) is 4.68. The molecule has 0 aliphatic heterocycles. The maximum atomic E-state index is 16.4. The molecule has 4 aromatic rings. The molecule has 0 heterocycles. The predicted molar refractivity (Wildman–Crippen MR) is 158 cm³/mol. The Kier molecular flexibility index (Phi) is 7.30. The molecule has 0 N–H and O–H groups in total. The number of hydrogen-bond donors (Lipinski definition) is 0. The second-order valence-electron chi connectivity index (χ2n) is 12.0. The third-order valence-electron chi connectivity index (χ3n) is 7.04. The number of hydrogen-bond acceptors (Lipinski definition) is 4. The average molecular weight is 573 g/mol. The van der Waals surface area contributed by atoms with Crippen molar-refractivity contribution in [1.29, 1.82) is 0 Å². The average Bonchev–Trinajstić information content (AvgIpc) is 2.90. The van der Waals surface area contributed by atoms with E-state index < -0.39 is 34.3 Å². The molecule has 6 heteroatoms. The molecule has 0 spiro atoms. The van der Waals surface area contributed by atoms with Crippen molar-refractivity contribution in [2.45, 2.75) is 72.0 Å². The molecule has 0 saturated carbocycles. The molecule has 40 heavy (non-hydrogen) atoms. The first kappa shape index (κ1) is 28.3. The topological polar surface area (TPSA) is 34.1 Å². The van der Waals surface area contributed by atoms with Crippen LogP contribution in [0, 0.1) is 11.6 Å². The normalized spacial score (nSPS) is 13.3. The first-order chi connectivity index (χ1) is 18.8. The maximum Gasteiger partial charge on any atom is 0.197 e. The lowest BCUT2D eigenvalue weighted by atomic mass is 9.83. The summed E-state index contributed by atoms with van der Waals surface area (Å²) >= 11 is 2.12. The van der Waals surface area contributed by atoms with Gasteiger partial charge in [0.1, 0.15) is 11.6 Å². The fraction of sp³-hybridized carbons (Fsp3) is 0.235. The number of benzene rings is 4. The Hall–Kier alpha value is -3.22. The molecule has 1 aliphatic carbocycles. The molecule has 4 aromatic carbocycles. The van der Waals surface area contributed by atoms with Gasteiger partial charge in [0.2, 0.25) is 0 Å². The summed E-state index contributed by atoms with van der Waals surface area (Å²) in [5, 5.41) is 0. The van der Waals surface area contributed by atoms with Gasteiger partial charge in [-0.25, -0.2) is 8.78 Å². The Labute approximate surface area is 242 Å². The van der Waals surface area contributed by atoms with Crippen LogP contribution in [-0.4, -0.2) is 11.6 Å². The molecule has 0 amide bonds. The van der Waals surface area contributed by atoms with Crippen LogP contribution >= 0.6 is 23.5 Å². The third kappa shape index (κ3) is 5.15. The van der Waals surface area contributed by atoms with Crippen LogP contribution in [0.3, 0.4) is 0 Å². The van der Waals surface area contributed by atoms with Gasteiger partial charge in [-0.3, -0.25) is 9.59 Å². The van der Waals surface area contributed by atoms with Crippen LogP contribution in [0.1, 0.15) is 84.5 Å². The minimum absolute atomic E-state index is 0.00909. The van der Waals surface area contributed by atoms with E-state index in [-0.39, 0.29) is 31.7 Å². The van der Waals surface area contributed by atoms with Gasteiger partial charge in [0, 0.05) is 20.9 Å². The Balaban J connectivity index is 1.67. The van der Waals surface area contributed by atoms with Gasteiger partial charge in [-0.05, 0) is 46.2 Å². The van der Waals surface area contributed by atoms with Crippen LogP contribution in [0.2, 0.25) is 0 Å². The maximum absolute atomic E-state index is 16.4. The minimum Gasteiger partial charge on any atom is -0.288 e. The quantitative estimate of drug-likeness (QED) is 0.215. The van der Waals surface area contributed by atoms with Gasteiger partial charge in [-0.15, -0.1) is 0 Å². The number of rotatable bonds is 4. The summed E-state index contributed by atoms with van der Waals surface area (Å²) < 4.78 is 32.8. The number of fused-ring (bicyclic) bond motifs is 2. The highest BCUT2D eigenvalue weighted by atomic mass is 32.2. The van der Waals surface area contributed by atoms with E-state index in [4.69, 9.17) is 0 Å². The van der Waals surface area contributed by atoms with Crippen LogP contribution in [0.25, 0.3) is 0 Å². The number of ketones is 2. The predicted octanol–water partition coefficient (Wildman–Crippen LogP) is 9.64. The summed E-state index contributed by atoms with van der Waals surface area (Å²) in [7, 11) is 0. The van der Waals surface area contributed by atoms with E-state index in [1.807, 2.05) is 48.5 Å². The largest absolute Gasteiger partial charge is 0.288 e. The van der Waals surface area contributed by atoms with Crippen LogP contribution in [-0.2, 0) is 10.8 Å². The lowest BCUT2D eigenvalue weighted by Gasteiger charge is -2.23. The van der Waals surface area contributed by atoms with Gasteiger partial charge >= 0.3 is 0 Å². The van der Waals surface area contributed by atoms with Crippen LogP contribution < -0.4 is 0 Å². The molecule has 0 bridgehead atoms. The molecule has 204 valence electrons. The van der Waals surface area contributed by atoms with E-state index in [0.717, 1.165) is 34.7 Å². The fourth-order valence-corrected chi connectivity index (χ4v) is 6.70. The minimum atomic E-state index is -0.872. The molecule has 1 aliphatic rings. The van der Waals surface area contributed by atoms with Gasteiger partial charge in [-0.1, -0.05) is 114 Å².